The van der Waals surface area contributed by atoms with Gasteiger partial charge in [0.25, 0.3) is 0 Å². The molecule has 0 amide bonds. The number of hydrogen-bond donors (Lipinski definition) is 0. The fourth-order valence-corrected chi connectivity index (χ4v) is 1.90. The molecule has 0 aromatic heterocycles. The summed E-state index contributed by atoms with van der Waals surface area (Å²) < 4.78 is 10.4. The average molecular weight is 289 g/mol. The van der Waals surface area contributed by atoms with Gasteiger partial charge in [0.05, 0.1) is 18.8 Å². The summed E-state index contributed by atoms with van der Waals surface area (Å²) in [7, 11) is 1.61. The first-order chi connectivity index (χ1) is 10.8. The molecule has 3 nitrogen and oxygen atoms in total. The lowest BCUT2D eigenvalue weighted by molar-refractivity contribution is 0.370. The van der Waals surface area contributed by atoms with Crippen LogP contribution in [0.5, 0.6) is 11.5 Å². The van der Waals surface area contributed by atoms with Crippen molar-refractivity contribution in [3.8, 4) is 29.9 Å². The van der Waals surface area contributed by atoms with E-state index in [-0.39, 0.29) is 6.61 Å². The Morgan fingerprint density at radius 3 is 2.27 bits per heavy atom. The van der Waals surface area contributed by atoms with Crippen LogP contribution in [0.3, 0.4) is 0 Å². The number of terminal acetylenes is 1. The Morgan fingerprint density at radius 1 is 1.09 bits per heavy atom. The van der Waals surface area contributed by atoms with E-state index in [9.17, 15) is 5.26 Å². The normalized spacial score (nSPS) is 10.4. The fraction of sp³-hybridized carbons (Fsp3) is 0.105. The monoisotopic (exact) mass is 289 g/mol. The third-order valence-electron chi connectivity index (χ3n) is 3.03. The van der Waals surface area contributed by atoms with E-state index >= 15 is 0 Å². The molecule has 0 N–H and O–H groups in total. The zero-order valence-corrected chi connectivity index (χ0v) is 12.2. The molecule has 2 aromatic carbocycles. The second kappa shape index (κ2) is 7.57. The lowest BCUT2D eigenvalue weighted by Gasteiger charge is -2.04. The first-order valence-electron chi connectivity index (χ1n) is 6.69. The smallest absolute Gasteiger partial charge is 0.148 e. The van der Waals surface area contributed by atoms with Crippen LogP contribution in [0, 0.1) is 23.7 Å². The van der Waals surface area contributed by atoms with Gasteiger partial charge in [-0.3, -0.25) is 0 Å². The number of hydrogen-bond acceptors (Lipinski definition) is 3. The van der Waals surface area contributed by atoms with E-state index in [0.717, 1.165) is 16.9 Å². The van der Waals surface area contributed by atoms with Crippen molar-refractivity contribution in [2.24, 2.45) is 0 Å². The number of rotatable bonds is 5. The molecule has 0 unspecified atom stereocenters. The lowest BCUT2D eigenvalue weighted by atomic mass is 10.0. The summed E-state index contributed by atoms with van der Waals surface area (Å²) in [6.07, 6.45) is 6.97. The molecule has 2 rings (SSSR count). The quantitative estimate of drug-likeness (QED) is 0.478. The van der Waals surface area contributed by atoms with Crippen molar-refractivity contribution in [2.45, 2.75) is 0 Å². The molecule has 0 aliphatic carbocycles. The minimum Gasteiger partial charge on any atom is -0.497 e. The number of ether oxygens (including phenoxy) is 2. The summed E-state index contributed by atoms with van der Waals surface area (Å²) in [6, 6.07) is 17.0. The van der Waals surface area contributed by atoms with Crippen LogP contribution in [-0.4, -0.2) is 13.7 Å². The highest BCUT2D eigenvalue weighted by atomic mass is 16.5. The van der Waals surface area contributed by atoms with Crippen molar-refractivity contribution in [1.82, 2.24) is 0 Å². The van der Waals surface area contributed by atoms with Crippen molar-refractivity contribution in [3.05, 3.63) is 59.7 Å². The van der Waals surface area contributed by atoms with Crippen molar-refractivity contribution >= 4 is 11.6 Å². The summed E-state index contributed by atoms with van der Waals surface area (Å²) in [5.41, 5.74) is 2.34. The minimum absolute atomic E-state index is 0.241. The molecule has 0 heterocycles. The maximum atomic E-state index is 9.34. The highest BCUT2D eigenvalue weighted by Crippen LogP contribution is 2.21. The molecular weight excluding hydrogens is 274 g/mol. The van der Waals surface area contributed by atoms with E-state index in [4.69, 9.17) is 15.9 Å². The van der Waals surface area contributed by atoms with Gasteiger partial charge in [-0.25, -0.2) is 0 Å². The zero-order chi connectivity index (χ0) is 15.8. The van der Waals surface area contributed by atoms with E-state index in [1.807, 2.05) is 54.6 Å². The van der Waals surface area contributed by atoms with Gasteiger partial charge in [0.1, 0.15) is 18.1 Å². The molecule has 0 saturated carbocycles. The van der Waals surface area contributed by atoms with Gasteiger partial charge in [-0.15, -0.1) is 6.42 Å². The third kappa shape index (κ3) is 3.91. The molecule has 0 aliphatic heterocycles. The van der Waals surface area contributed by atoms with E-state index < -0.39 is 0 Å². The van der Waals surface area contributed by atoms with Crippen LogP contribution in [-0.2, 0) is 0 Å². The molecular formula is C19H15NO2. The summed E-state index contributed by atoms with van der Waals surface area (Å²) in [4.78, 5) is 0. The summed E-state index contributed by atoms with van der Waals surface area (Å²) in [5.74, 6) is 3.88. The van der Waals surface area contributed by atoms with Crippen molar-refractivity contribution in [3.63, 3.8) is 0 Å². The number of methoxy groups -OCH3 is 1. The summed E-state index contributed by atoms with van der Waals surface area (Å²) >= 11 is 0. The Morgan fingerprint density at radius 2 is 1.73 bits per heavy atom. The van der Waals surface area contributed by atoms with E-state index in [2.05, 4.69) is 12.0 Å². The topological polar surface area (TPSA) is 42.2 Å². The van der Waals surface area contributed by atoms with Crippen molar-refractivity contribution < 1.29 is 9.47 Å². The number of benzene rings is 2. The Bertz CT molecular complexity index is 729. The molecule has 0 bridgehead atoms. The third-order valence-corrected chi connectivity index (χ3v) is 3.03. The molecule has 22 heavy (non-hydrogen) atoms. The van der Waals surface area contributed by atoms with Gasteiger partial charge in [-0.2, -0.15) is 5.26 Å². The largest absolute Gasteiger partial charge is 0.497 e. The molecule has 0 saturated heterocycles. The zero-order valence-electron chi connectivity index (χ0n) is 12.2. The van der Waals surface area contributed by atoms with Crippen LogP contribution in [0.1, 0.15) is 11.1 Å². The molecule has 0 radical (unpaired) electrons. The van der Waals surface area contributed by atoms with Gasteiger partial charge in [-0.1, -0.05) is 18.1 Å². The number of nitrogens with zero attached hydrogens (tertiary/aromatic N) is 1. The van der Waals surface area contributed by atoms with Crippen molar-refractivity contribution in [2.75, 3.05) is 13.7 Å². The second-order valence-corrected chi connectivity index (χ2v) is 4.46. The SMILES string of the molecule is C#CCOc1ccc(/C=C(\C#N)c2ccc(OC)cc2)cc1. The molecule has 2 aromatic rings. The molecule has 0 spiro atoms. The van der Waals surface area contributed by atoms with Crippen LogP contribution < -0.4 is 9.47 Å². The summed E-state index contributed by atoms with van der Waals surface area (Å²) in [6.45, 7) is 0.241. The highest BCUT2D eigenvalue weighted by Gasteiger charge is 2.02. The van der Waals surface area contributed by atoms with E-state index in [0.29, 0.717) is 11.3 Å². The van der Waals surface area contributed by atoms with E-state index in [1.165, 1.54) is 0 Å². The van der Waals surface area contributed by atoms with Gasteiger partial charge in [0.2, 0.25) is 0 Å². The molecule has 3 heteroatoms. The standard InChI is InChI=1S/C19H15NO2/c1-3-12-22-19-8-4-15(5-9-19)13-17(14-20)16-6-10-18(21-2)11-7-16/h1,4-11,13H,12H2,2H3/b17-13+. The van der Waals surface area contributed by atoms with Gasteiger partial charge < -0.3 is 9.47 Å². The van der Waals surface area contributed by atoms with Crippen molar-refractivity contribution in [1.29, 1.82) is 5.26 Å². The van der Waals surface area contributed by atoms with Gasteiger partial charge >= 0.3 is 0 Å². The molecule has 0 aliphatic rings. The number of allylic oxidation sites excluding steroid dienone is 1. The predicted octanol–water partition coefficient (Wildman–Crippen LogP) is 3.77. The van der Waals surface area contributed by atoms with Crippen LogP contribution in [0.25, 0.3) is 11.6 Å². The first-order valence-corrected chi connectivity index (χ1v) is 6.69. The van der Waals surface area contributed by atoms with E-state index in [1.54, 1.807) is 7.11 Å². The van der Waals surface area contributed by atoms with Crippen LogP contribution in [0.4, 0.5) is 0 Å². The Kier molecular flexibility index (Phi) is 5.24. The Balaban J connectivity index is 2.21. The second-order valence-electron chi connectivity index (χ2n) is 4.46. The molecule has 0 fully saturated rings. The maximum Gasteiger partial charge on any atom is 0.148 e. The highest BCUT2D eigenvalue weighted by molar-refractivity contribution is 5.89. The summed E-state index contributed by atoms with van der Waals surface area (Å²) in [5, 5.41) is 9.34. The Labute approximate surface area is 130 Å². The van der Waals surface area contributed by atoms with Gasteiger partial charge in [0, 0.05) is 0 Å². The Hall–Kier alpha value is -3.17. The van der Waals surface area contributed by atoms with Crippen LogP contribution in [0.15, 0.2) is 48.5 Å². The van der Waals surface area contributed by atoms with Crippen LogP contribution >= 0.6 is 0 Å². The molecule has 0 atom stereocenters. The predicted molar refractivity (Wildman–Crippen MR) is 87.2 cm³/mol. The first kappa shape index (κ1) is 15.2. The van der Waals surface area contributed by atoms with Gasteiger partial charge in [-0.05, 0) is 53.6 Å². The fourth-order valence-electron chi connectivity index (χ4n) is 1.90. The molecule has 108 valence electrons. The van der Waals surface area contributed by atoms with Crippen LogP contribution in [0.2, 0.25) is 0 Å². The maximum absolute atomic E-state index is 9.34. The lowest BCUT2D eigenvalue weighted by Crippen LogP contribution is -1.92. The van der Waals surface area contributed by atoms with Gasteiger partial charge in [0.15, 0.2) is 0 Å². The minimum atomic E-state index is 0.241. The number of nitriles is 1. The average Bonchev–Trinajstić information content (AvgIpc) is 2.59.